The van der Waals surface area contributed by atoms with Crippen molar-refractivity contribution in [1.29, 1.82) is 0 Å². The van der Waals surface area contributed by atoms with Crippen molar-refractivity contribution in [3.05, 3.63) is 35.4 Å². The molecular weight excluding hydrogens is 308 g/mol. The van der Waals surface area contributed by atoms with Crippen molar-refractivity contribution in [2.75, 3.05) is 20.8 Å². The van der Waals surface area contributed by atoms with Crippen LogP contribution in [0.3, 0.4) is 0 Å². The van der Waals surface area contributed by atoms with Crippen LogP contribution in [0.1, 0.15) is 48.0 Å². The van der Waals surface area contributed by atoms with E-state index in [-0.39, 0.29) is 11.8 Å². The van der Waals surface area contributed by atoms with Gasteiger partial charge in [-0.05, 0) is 24.5 Å². The molecule has 1 atom stereocenters. The zero-order valence-electron chi connectivity index (χ0n) is 14.4. The normalized spacial score (nSPS) is 19.9. The Balaban J connectivity index is 2.21. The van der Waals surface area contributed by atoms with Crippen LogP contribution in [-0.2, 0) is 21.0 Å². The van der Waals surface area contributed by atoms with E-state index in [1.54, 1.807) is 13.1 Å². The molecule has 0 fully saturated rings. The van der Waals surface area contributed by atoms with Gasteiger partial charge >= 0.3 is 0 Å². The monoisotopic (exact) mass is 334 g/mol. The fourth-order valence-electron chi connectivity index (χ4n) is 2.76. The molecular formula is C18H26N2O4. The third-order valence-corrected chi connectivity index (χ3v) is 4.24. The maximum Gasteiger partial charge on any atom is 0.268 e. The van der Waals surface area contributed by atoms with Gasteiger partial charge in [-0.3, -0.25) is 14.4 Å². The zero-order valence-corrected chi connectivity index (χ0v) is 14.4. The van der Waals surface area contributed by atoms with Gasteiger partial charge in [-0.25, -0.2) is 5.06 Å². The summed E-state index contributed by atoms with van der Waals surface area (Å²) in [7, 11) is 2.99. The number of nitrogens with zero attached hydrogens (tertiary/aromatic N) is 1. The van der Waals surface area contributed by atoms with Crippen molar-refractivity contribution in [2.24, 2.45) is 0 Å². The first-order chi connectivity index (χ1) is 11.6. The second-order valence-corrected chi connectivity index (χ2v) is 5.96. The van der Waals surface area contributed by atoms with Crippen molar-refractivity contribution in [2.45, 2.75) is 44.8 Å². The standard InChI is InChI=1S/C18H26N2O4/c1-20(23-2)18(22)16-11-5-3-4-8-12-24-13-14-9-6-7-10-15(14)17(21)19-16/h6-7,9-10,16H,3-5,8,11-13H2,1-2H3,(H,19,21)/t16-/m0/s1. The molecule has 1 aliphatic heterocycles. The second-order valence-electron chi connectivity index (χ2n) is 5.96. The van der Waals surface area contributed by atoms with Crippen molar-refractivity contribution >= 4 is 11.8 Å². The minimum atomic E-state index is -0.586. The lowest BCUT2D eigenvalue weighted by atomic mass is 10.0. The Morgan fingerprint density at radius 3 is 2.79 bits per heavy atom. The Morgan fingerprint density at radius 2 is 2.00 bits per heavy atom. The summed E-state index contributed by atoms with van der Waals surface area (Å²) in [6.07, 6.45) is 4.51. The van der Waals surface area contributed by atoms with Gasteiger partial charge in [0.15, 0.2) is 0 Å². The van der Waals surface area contributed by atoms with E-state index in [0.29, 0.717) is 25.2 Å². The first-order valence-electron chi connectivity index (χ1n) is 8.41. The number of nitrogens with one attached hydrogen (secondary N) is 1. The molecule has 0 unspecified atom stereocenters. The van der Waals surface area contributed by atoms with Crippen LogP contribution in [0.2, 0.25) is 0 Å². The van der Waals surface area contributed by atoms with Gasteiger partial charge in [0.1, 0.15) is 6.04 Å². The second kappa shape index (κ2) is 9.39. The molecule has 0 bridgehead atoms. The lowest BCUT2D eigenvalue weighted by molar-refractivity contribution is -0.171. The molecule has 24 heavy (non-hydrogen) atoms. The van der Waals surface area contributed by atoms with Crippen LogP contribution in [0.15, 0.2) is 24.3 Å². The highest BCUT2D eigenvalue weighted by Gasteiger charge is 2.25. The van der Waals surface area contributed by atoms with Gasteiger partial charge in [-0.2, -0.15) is 0 Å². The van der Waals surface area contributed by atoms with Gasteiger partial charge in [0.25, 0.3) is 11.8 Å². The third-order valence-electron chi connectivity index (χ3n) is 4.24. The SMILES string of the molecule is CON(C)C(=O)[C@@H]1CCCCCCOCc2ccccc2C(=O)N1. The first kappa shape index (κ1) is 18.4. The lowest BCUT2D eigenvalue weighted by Crippen LogP contribution is -2.47. The summed E-state index contributed by atoms with van der Waals surface area (Å²) < 4.78 is 5.68. The van der Waals surface area contributed by atoms with E-state index in [4.69, 9.17) is 9.57 Å². The van der Waals surface area contributed by atoms with Crippen molar-refractivity contribution in [3.8, 4) is 0 Å². The average Bonchev–Trinajstić information content (AvgIpc) is 2.62. The Labute approximate surface area is 143 Å². The minimum absolute atomic E-state index is 0.241. The maximum atomic E-state index is 12.7. The summed E-state index contributed by atoms with van der Waals surface area (Å²) in [6.45, 7) is 1.09. The van der Waals surface area contributed by atoms with E-state index in [2.05, 4.69) is 5.32 Å². The molecule has 0 aliphatic carbocycles. The number of benzene rings is 1. The van der Waals surface area contributed by atoms with Crippen LogP contribution in [-0.4, -0.2) is 43.7 Å². The quantitative estimate of drug-likeness (QED) is 0.843. The molecule has 1 aliphatic rings. The predicted octanol–water partition coefficient (Wildman–Crippen LogP) is 2.29. The van der Waals surface area contributed by atoms with Crippen molar-refractivity contribution < 1.29 is 19.2 Å². The van der Waals surface area contributed by atoms with Crippen molar-refractivity contribution in [1.82, 2.24) is 10.4 Å². The van der Waals surface area contributed by atoms with Crippen LogP contribution < -0.4 is 5.32 Å². The summed E-state index contributed by atoms with van der Waals surface area (Å²) in [5, 5.41) is 4.03. The Hall–Kier alpha value is -1.92. The van der Waals surface area contributed by atoms with Gasteiger partial charge in [-0.15, -0.1) is 0 Å². The van der Waals surface area contributed by atoms with Crippen LogP contribution in [0.25, 0.3) is 0 Å². The Morgan fingerprint density at radius 1 is 1.25 bits per heavy atom. The molecule has 2 amide bonds. The van der Waals surface area contributed by atoms with Crippen molar-refractivity contribution in [3.63, 3.8) is 0 Å². The van der Waals surface area contributed by atoms with Gasteiger partial charge in [0, 0.05) is 19.2 Å². The highest BCUT2D eigenvalue weighted by atomic mass is 16.7. The molecule has 1 heterocycles. The highest BCUT2D eigenvalue weighted by Crippen LogP contribution is 2.14. The van der Waals surface area contributed by atoms with Crippen LogP contribution in [0, 0.1) is 0 Å². The fraction of sp³-hybridized carbons (Fsp3) is 0.556. The van der Waals surface area contributed by atoms with Crippen LogP contribution in [0.5, 0.6) is 0 Å². The van der Waals surface area contributed by atoms with E-state index in [0.717, 1.165) is 36.3 Å². The number of carbonyl (C=O) groups excluding carboxylic acids is 2. The molecule has 132 valence electrons. The lowest BCUT2D eigenvalue weighted by Gasteiger charge is -2.23. The zero-order chi connectivity index (χ0) is 17.4. The molecule has 0 saturated heterocycles. The number of fused-ring (bicyclic) bond motifs is 1. The summed E-state index contributed by atoms with van der Waals surface area (Å²) in [5.41, 5.74) is 1.38. The fourth-order valence-corrected chi connectivity index (χ4v) is 2.76. The maximum absolute atomic E-state index is 12.7. The largest absolute Gasteiger partial charge is 0.377 e. The first-order valence-corrected chi connectivity index (χ1v) is 8.41. The number of rotatable bonds is 2. The number of amides is 2. The van der Waals surface area contributed by atoms with Crippen LogP contribution >= 0.6 is 0 Å². The summed E-state index contributed by atoms with van der Waals surface area (Å²) in [6, 6.07) is 6.75. The van der Waals surface area contributed by atoms with E-state index < -0.39 is 6.04 Å². The average molecular weight is 334 g/mol. The van der Waals surface area contributed by atoms with E-state index in [1.165, 1.54) is 7.11 Å². The number of hydroxylamine groups is 2. The van der Waals surface area contributed by atoms with Gasteiger partial charge < -0.3 is 10.1 Å². The Bertz CT molecular complexity index is 562. The molecule has 6 nitrogen and oxygen atoms in total. The summed E-state index contributed by atoms with van der Waals surface area (Å²) >= 11 is 0. The minimum Gasteiger partial charge on any atom is -0.377 e. The smallest absolute Gasteiger partial charge is 0.268 e. The Kier molecular flexibility index (Phi) is 7.21. The molecule has 0 saturated carbocycles. The molecule has 0 spiro atoms. The van der Waals surface area contributed by atoms with Gasteiger partial charge in [0.05, 0.1) is 13.7 Å². The molecule has 1 aromatic rings. The molecule has 1 aromatic carbocycles. The molecule has 0 aromatic heterocycles. The molecule has 6 heteroatoms. The molecule has 1 N–H and O–H groups in total. The topological polar surface area (TPSA) is 67.9 Å². The van der Waals surface area contributed by atoms with Gasteiger partial charge in [-0.1, -0.05) is 37.5 Å². The number of hydrogen-bond acceptors (Lipinski definition) is 4. The van der Waals surface area contributed by atoms with E-state index >= 15 is 0 Å². The number of likely N-dealkylation sites (N-methyl/N-ethyl adjacent to an activating group) is 1. The summed E-state index contributed by atoms with van der Waals surface area (Å²) in [5.74, 6) is -0.495. The number of carbonyl (C=O) groups is 2. The predicted molar refractivity (Wildman–Crippen MR) is 90.2 cm³/mol. The van der Waals surface area contributed by atoms with E-state index in [9.17, 15) is 9.59 Å². The molecule has 2 rings (SSSR count). The number of hydrogen-bond donors (Lipinski definition) is 1. The third kappa shape index (κ3) is 5.04. The van der Waals surface area contributed by atoms with E-state index in [1.807, 2.05) is 18.2 Å². The van der Waals surface area contributed by atoms with Crippen LogP contribution in [0.4, 0.5) is 0 Å². The molecule has 0 radical (unpaired) electrons. The van der Waals surface area contributed by atoms with Gasteiger partial charge in [0.2, 0.25) is 0 Å². The summed E-state index contributed by atoms with van der Waals surface area (Å²) in [4.78, 5) is 30.1. The highest BCUT2D eigenvalue weighted by molar-refractivity contribution is 5.98. The number of ether oxygens (including phenoxy) is 1.